The number of allylic oxidation sites excluding steroid dienone is 2. The number of hydrogen-bond donors (Lipinski definition) is 1. The summed E-state index contributed by atoms with van der Waals surface area (Å²) in [5.74, 6) is -1.84. The lowest BCUT2D eigenvalue weighted by atomic mass is 9.85. The zero-order valence-electron chi connectivity index (χ0n) is 12.4. The second kappa shape index (κ2) is 6.75. The summed E-state index contributed by atoms with van der Waals surface area (Å²) in [6, 6.07) is 2.83. The van der Waals surface area contributed by atoms with Gasteiger partial charge in [0.15, 0.2) is 0 Å². The van der Waals surface area contributed by atoms with Gasteiger partial charge in [-0.25, -0.2) is 0 Å². The predicted molar refractivity (Wildman–Crippen MR) is 92.2 cm³/mol. The number of nitrogens with zero attached hydrogens (tertiary/aromatic N) is 1. The van der Waals surface area contributed by atoms with E-state index in [1.165, 1.54) is 12.1 Å². The third-order valence-corrected chi connectivity index (χ3v) is 5.22. The molecule has 1 heterocycles. The molecule has 0 bridgehead atoms. The highest BCUT2D eigenvalue weighted by atomic mass is 35.5. The van der Waals surface area contributed by atoms with E-state index < -0.39 is 5.91 Å². The van der Waals surface area contributed by atoms with E-state index in [0.29, 0.717) is 12.8 Å². The molecular weight excluding hydrogens is 375 g/mol. The van der Waals surface area contributed by atoms with Gasteiger partial charge in [-0.15, -0.1) is 0 Å². The monoisotopic (exact) mass is 386 g/mol. The van der Waals surface area contributed by atoms with Crippen molar-refractivity contribution in [2.75, 3.05) is 11.9 Å². The Morgan fingerprint density at radius 3 is 2.12 bits per heavy atom. The zero-order chi connectivity index (χ0) is 17.4. The summed E-state index contributed by atoms with van der Waals surface area (Å²) < 4.78 is 0. The largest absolute Gasteiger partial charge is 0.323 e. The Hall–Kier alpha value is -1.56. The Balaban J connectivity index is 1.70. The second-order valence-corrected chi connectivity index (χ2v) is 6.93. The molecule has 0 radical (unpaired) electrons. The Bertz CT molecular complexity index is 737. The fourth-order valence-corrected chi connectivity index (χ4v) is 3.57. The van der Waals surface area contributed by atoms with E-state index in [0.717, 1.165) is 4.90 Å². The number of fused-ring (bicyclic) bond motifs is 1. The molecule has 1 aliphatic heterocycles. The van der Waals surface area contributed by atoms with Gasteiger partial charge >= 0.3 is 0 Å². The number of carbonyl (C=O) groups is 3. The smallest absolute Gasteiger partial charge is 0.244 e. The molecule has 1 aliphatic carbocycles. The standard InChI is InChI=1S/C16H13Cl3N2O3/c17-10-5-12(19)13(6-11(10)18)20-14(22)7-21-15(23)8-3-1-2-4-9(8)16(21)24/h1-2,5-6,8-9H,3-4,7H2,(H,20,22)/t8-,9-/m0/s1. The quantitative estimate of drug-likeness (QED) is 0.490. The van der Waals surface area contributed by atoms with Gasteiger partial charge in [0.05, 0.1) is 32.6 Å². The fraction of sp³-hybridized carbons (Fsp3) is 0.312. The van der Waals surface area contributed by atoms with Crippen LogP contribution in [-0.2, 0) is 14.4 Å². The molecule has 2 aliphatic rings. The molecule has 0 saturated carbocycles. The average molecular weight is 388 g/mol. The van der Waals surface area contributed by atoms with E-state index in [1.807, 2.05) is 12.2 Å². The highest BCUT2D eigenvalue weighted by Crippen LogP contribution is 2.35. The van der Waals surface area contributed by atoms with E-state index in [-0.39, 0.29) is 51.0 Å². The summed E-state index contributed by atoms with van der Waals surface area (Å²) in [4.78, 5) is 37.9. The maximum atomic E-state index is 12.3. The summed E-state index contributed by atoms with van der Waals surface area (Å²) in [5, 5.41) is 3.27. The van der Waals surface area contributed by atoms with E-state index in [2.05, 4.69) is 5.32 Å². The van der Waals surface area contributed by atoms with E-state index >= 15 is 0 Å². The molecule has 5 nitrogen and oxygen atoms in total. The molecule has 1 fully saturated rings. The van der Waals surface area contributed by atoms with Crippen LogP contribution in [0.2, 0.25) is 15.1 Å². The zero-order valence-corrected chi connectivity index (χ0v) is 14.7. The molecule has 0 spiro atoms. The van der Waals surface area contributed by atoms with Crippen molar-refractivity contribution in [1.82, 2.24) is 4.90 Å². The third-order valence-electron chi connectivity index (χ3n) is 4.18. The number of hydrogen-bond acceptors (Lipinski definition) is 3. The van der Waals surface area contributed by atoms with Crippen molar-refractivity contribution in [3.8, 4) is 0 Å². The van der Waals surface area contributed by atoms with Crippen LogP contribution in [0.3, 0.4) is 0 Å². The summed E-state index contributed by atoms with van der Waals surface area (Å²) in [5.41, 5.74) is 0.272. The van der Waals surface area contributed by atoms with Crippen LogP contribution >= 0.6 is 34.8 Å². The van der Waals surface area contributed by atoms with Gasteiger partial charge in [-0.1, -0.05) is 47.0 Å². The van der Waals surface area contributed by atoms with Crippen molar-refractivity contribution in [3.63, 3.8) is 0 Å². The molecule has 3 rings (SSSR count). The summed E-state index contributed by atoms with van der Waals surface area (Å²) in [7, 11) is 0. The van der Waals surface area contributed by atoms with Crippen LogP contribution in [0.5, 0.6) is 0 Å². The number of benzene rings is 1. The number of likely N-dealkylation sites (tertiary alicyclic amines) is 1. The molecule has 1 aromatic rings. The SMILES string of the molecule is O=C(CN1C(=O)[C@H]2CC=CC[C@@H]2C1=O)Nc1cc(Cl)c(Cl)cc1Cl. The highest BCUT2D eigenvalue weighted by Gasteiger charge is 2.47. The number of anilines is 1. The number of carbonyl (C=O) groups excluding carboxylic acids is 3. The van der Waals surface area contributed by atoms with Gasteiger partial charge in [0, 0.05) is 0 Å². The summed E-state index contributed by atoms with van der Waals surface area (Å²) in [6.45, 7) is -0.346. The minimum absolute atomic E-state index is 0.217. The van der Waals surface area contributed by atoms with Gasteiger partial charge in [0.1, 0.15) is 6.54 Å². The predicted octanol–water partition coefficient (Wildman–Crippen LogP) is 3.54. The number of halogens is 3. The van der Waals surface area contributed by atoms with Gasteiger partial charge in [-0.2, -0.15) is 0 Å². The fourth-order valence-electron chi connectivity index (χ4n) is 2.98. The maximum Gasteiger partial charge on any atom is 0.244 e. The van der Waals surface area contributed by atoms with Crippen molar-refractivity contribution in [1.29, 1.82) is 0 Å². The normalized spacial score (nSPS) is 22.7. The lowest BCUT2D eigenvalue weighted by Crippen LogP contribution is -2.38. The van der Waals surface area contributed by atoms with E-state index in [1.54, 1.807) is 0 Å². The molecule has 3 amide bonds. The average Bonchev–Trinajstić information content (AvgIpc) is 2.78. The Morgan fingerprint density at radius 2 is 1.54 bits per heavy atom. The first kappa shape index (κ1) is 17.3. The molecule has 1 aromatic carbocycles. The molecule has 24 heavy (non-hydrogen) atoms. The first-order chi connectivity index (χ1) is 11.4. The van der Waals surface area contributed by atoms with Crippen molar-refractivity contribution in [3.05, 3.63) is 39.4 Å². The third kappa shape index (κ3) is 3.16. The maximum absolute atomic E-state index is 12.3. The van der Waals surface area contributed by atoms with Gasteiger partial charge in [0.25, 0.3) is 0 Å². The lowest BCUT2D eigenvalue weighted by Gasteiger charge is -2.15. The molecule has 1 saturated heterocycles. The van der Waals surface area contributed by atoms with Crippen LogP contribution < -0.4 is 5.32 Å². The van der Waals surface area contributed by atoms with Gasteiger partial charge in [-0.3, -0.25) is 19.3 Å². The number of imide groups is 1. The molecule has 1 N–H and O–H groups in total. The van der Waals surface area contributed by atoms with Crippen LogP contribution in [0, 0.1) is 11.8 Å². The van der Waals surface area contributed by atoms with Crippen LogP contribution in [0.4, 0.5) is 5.69 Å². The van der Waals surface area contributed by atoms with Crippen molar-refractivity contribution >= 4 is 58.2 Å². The van der Waals surface area contributed by atoms with Gasteiger partial charge in [0.2, 0.25) is 17.7 Å². The summed E-state index contributed by atoms with van der Waals surface area (Å²) in [6.07, 6.45) is 4.86. The van der Waals surface area contributed by atoms with Crippen LogP contribution in [0.1, 0.15) is 12.8 Å². The van der Waals surface area contributed by atoms with Crippen LogP contribution in [0.25, 0.3) is 0 Å². The molecule has 0 aromatic heterocycles. The molecular formula is C16H13Cl3N2O3. The number of amides is 3. The molecule has 2 atom stereocenters. The second-order valence-electron chi connectivity index (χ2n) is 5.71. The molecule has 126 valence electrons. The van der Waals surface area contributed by atoms with E-state index in [4.69, 9.17) is 34.8 Å². The highest BCUT2D eigenvalue weighted by molar-refractivity contribution is 6.44. The van der Waals surface area contributed by atoms with Crippen LogP contribution in [-0.4, -0.2) is 29.2 Å². The van der Waals surface area contributed by atoms with Crippen molar-refractivity contribution in [2.24, 2.45) is 11.8 Å². The van der Waals surface area contributed by atoms with E-state index in [9.17, 15) is 14.4 Å². The van der Waals surface area contributed by atoms with Crippen LogP contribution in [0.15, 0.2) is 24.3 Å². The van der Waals surface area contributed by atoms with Crippen molar-refractivity contribution < 1.29 is 14.4 Å². The molecule has 8 heteroatoms. The lowest BCUT2D eigenvalue weighted by molar-refractivity contribution is -0.142. The number of nitrogens with one attached hydrogen (secondary N) is 1. The number of rotatable bonds is 3. The minimum Gasteiger partial charge on any atom is -0.323 e. The Morgan fingerprint density at radius 1 is 1.00 bits per heavy atom. The van der Waals surface area contributed by atoms with Crippen molar-refractivity contribution in [2.45, 2.75) is 12.8 Å². The van der Waals surface area contributed by atoms with Gasteiger partial charge in [-0.05, 0) is 25.0 Å². The van der Waals surface area contributed by atoms with Gasteiger partial charge < -0.3 is 5.32 Å². The summed E-state index contributed by atoms with van der Waals surface area (Å²) >= 11 is 17.7. The Labute approximate surface area is 153 Å². The first-order valence-corrected chi connectivity index (χ1v) is 8.46. The molecule has 0 unspecified atom stereocenters. The topological polar surface area (TPSA) is 66.5 Å². The first-order valence-electron chi connectivity index (χ1n) is 7.33. The Kier molecular flexibility index (Phi) is 4.85. The minimum atomic E-state index is -0.524.